The Morgan fingerprint density at radius 3 is 2.87 bits per heavy atom. The highest BCUT2D eigenvalue weighted by Crippen LogP contribution is 2.22. The second-order valence-corrected chi connectivity index (χ2v) is 5.77. The fourth-order valence-electron chi connectivity index (χ4n) is 2.85. The van der Waals surface area contributed by atoms with Crippen LogP contribution < -0.4 is 5.73 Å². The third-order valence-electron chi connectivity index (χ3n) is 4.01. The molecule has 2 aromatic rings. The highest BCUT2D eigenvalue weighted by atomic mass is 19.1. The van der Waals surface area contributed by atoms with Gasteiger partial charge in [-0.2, -0.15) is 4.98 Å². The van der Waals surface area contributed by atoms with Crippen molar-refractivity contribution in [3.05, 3.63) is 47.6 Å². The van der Waals surface area contributed by atoms with Crippen LogP contribution in [0.5, 0.6) is 0 Å². The van der Waals surface area contributed by atoms with Crippen molar-refractivity contribution < 1.29 is 13.7 Å². The quantitative estimate of drug-likeness (QED) is 0.866. The molecule has 0 saturated carbocycles. The monoisotopic (exact) mass is 318 g/mol. The van der Waals surface area contributed by atoms with E-state index < -0.39 is 18.1 Å². The standard InChI is InChI=1S/C16H19FN4O2/c17-12-8-13(16(18)22)21(9-12)10-15-19-14(20-23-15)7-6-11-4-2-1-3-5-11/h1-5,12-13H,6-10H2,(H2,18,22)/t12-,13+/m1/s1. The van der Waals surface area contributed by atoms with Crippen molar-refractivity contribution in [3.8, 4) is 0 Å². The first-order chi connectivity index (χ1) is 11.1. The van der Waals surface area contributed by atoms with Gasteiger partial charge in [0.15, 0.2) is 5.82 Å². The van der Waals surface area contributed by atoms with Gasteiger partial charge in [-0.05, 0) is 12.0 Å². The van der Waals surface area contributed by atoms with E-state index in [9.17, 15) is 9.18 Å². The summed E-state index contributed by atoms with van der Waals surface area (Å²) in [4.78, 5) is 17.3. The summed E-state index contributed by atoms with van der Waals surface area (Å²) >= 11 is 0. The Hall–Kier alpha value is -2.28. The molecule has 1 aromatic heterocycles. The number of carbonyl (C=O) groups is 1. The number of carbonyl (C=O) groups excluding carboxylic acids is 1. The molecule has 1 aliphatic heterocycles. The lowest BCUT2D eigenvalue weighted by Crippen LogP contribution is -2.39. The van der Waals surface area contributed by atoms with Crippen LogP contribution >= 0.6 is 0 Å². The normalized spacial score (nSPS) is 21.6. The molecule has 122 valence electrons. The molecule has 7 heteroatoms. The molecular weight excluding hydrogens is 299 g/mol. The molecule has 1 aromatic carbocycles. The van der Waals surface area contributed by atoms with Crippen LogP contribution in [0.1, 0.15) is 23.7 Å². The third kappa shape index (κ3) is 3.92. The van der Waals surface area contributed by atoms with Crippen LogP contribution in [0.15, 0.2) is 34.9 Å². The lowest BCUT2D eigenvalue weighted by molar-refractivity contribution is -0.122. The van der Waals surface area contributed by atoms with E-state index in [0.29, 0.717) is 18.1 Å². The summed E-state index contributed by atoms with van der Waals surface area (Å²) in [5.41, 5.74) is 6.51. The first-order valence-electron chi connectivity index (χ1n) is 7.64. The minimum Gasteiger partial charge on any atom is -0.368 e. The van der Waals surface area contributed by atoms with Gasteiger partial charge in [0, 0.05) is 19.4 Å². The maximum Gasteiger partial charge on any atom is 0.240 e. The molecule has 1 saturated heterocycles. The summed E-state index contributed by atoms with van der Waals surface area (Å²) < 4.78 is 18.7. The number of likely N-dealkylation sites (tertiary alicyclic amines) is 1. The largest absolute Gasteiger partial charge is 0.368 e. The van der Waals surface area contributed by atoms with Gasteiger partial charge in [-0.3, -0.25) is 9.69 Å². The molecule has 2 atom stereocenters. The predicted molar refractivity (Wildman–Crippen MR) is 81.1 cm³/mol. The van der Waals surface area contributed by atoms with Gasteiger partial charge in [-0.1, -0.05) is 35.5 Å². The zero-order chi connectivity index (χ0) is 16.2. The average molecular weight is 318 g/mol. The number of primary amides is 1. The molecule has 0 radical (unpaired) electrons. The molecule has 0 bridgehead atoms. The molecule has 6 nitrogen and oxygen atoms in total. The lowest BCUT2D eigenvalue weighted by Gasteiger charge is -2.18. The van der Waals surface area contributed by atoms with Crippen LogP contribution in [0.4, 0.5) is 4.39 Å². The average Bonchev–Trinajstić information content (AvgIpc) is 3.13. The topological polar surface area (TPSA) is 85.3 Å². The number of rotatable bonds is 6. The summed E-state index contributed by atoms with van der Waals surface area (Å²) in [5.74, 6) is 0.470. The highest BCUT2D eigenvalue weighted by molar-refractivity contribution is 5.80. The second kappa shape index (κ2) is 6.87. The van der Waals surface area contributed by atoms with Crippen molar-refractivity contribution >= 4 is 5.91 Å². The Morgan fingerprint density at radius 1 is 1.35 bits per heavy atom. The van der Waals surface area contributed by atoms with Crippen molar-refractivity contribution in [3.63, 3.8) is 0 Å². The first kappa shape index (κ1) is 15.6. The van der Waals surface area contributed by atoms with Crippen LogP contribution in [-0.2, 0) is 24.2 Å². The maximum absolute atomic E-state index is 13.5. The van der Waals surface area contributed by atoms with Crippen LogP contribution in [0.2, 0.25) is 0 Å². The summed E-state index contributed by atoms with van der Waals surface area (Å²) in [6, 6.07) is 9.43. The third-order valence-corrected chi connectivity index (χ3v) is 4.01. The molecule has 1 amide bonds. The zero-order valence-electron chi connectivity index (χ0n) is 12.7. The van der Waals surface area contributed by atoms with E-state index in [0.717, 1.165) is 6.42 Å². The van der Waals surface area contributed by atoms with E-state index in [1.807, 2.05) is 30.3 Å². The molecule has 1 aliphatic rings. The smallest absolute Gasteiger partial charge is 0.240 e. The van der Waals surface area contributed by atoms with Crippen LogP contribution in [0.25, 0.3) is 0 Å². The Labute approximate surface area is 133 Å². The molecule has 2 heterocycles. The van der Waals surface area contributed by atoms with E-state index in [-0.39, 0.29) is 19.5 Å². The van der Waals surface area contributed by atoms with E-state index in [4.69, 9.17) is 10.3 Å². The molecular formula is C16H19FN4O2. The van der Waals surface area contributed by atoms with Crippen molar-refractivity contribution in [1.82, 2.24) is 15.0 Å². The van der Waals surface area contributed by atoms with Crippen LogP contribution in [-0.4, -0.2) is 39.7 Å². The number of alkyl halides is 1. The number of nitrogens with zero attached hydrogens (tertiary/aromatic N) is 3. The lowest BCUT2D eigenvalue weighted by atomic mass is 10.1. The van der Waals surface area contributed by atoms with E-state index in [1.165, 1.54) is 5.56 Å². The fourth-order valence-corrected chi connectivity index (χ4v) is 2.85. The summed E-state index contributed by atoms with van der Waals surface area (Å²) in [7, 11) is 0. The van der Waals surface area contributed by atoms with E-state index in [1.54, 1.807) is 4.90 Å². The van der Waals surface area contributed by atoms with Gasteiger partial charge in [-0.15, -0.1) is 0 Å². The van der Waals surface area contributed by atoms with Gasteiger partial charge in [0.2, 0.25) is 11.8 Å². The Balaban J connectivity index is 1.58. The molecule has 3 rings (SSSR count). The number of aromatic nitrogens is 2. The molecule has 23 heavy (non-hydrogen) atoms. The first-order valence-corrected chi connectivity index (χ1v) is 7.64. The summed E-state index contributed by atoms with van der Waals surface area (Å²) in [6.07, 6.45) is 0.566. The summed E-state index contributed by atoms with van der Waals surface area (Å²) in [5, 5.41) is 3.94. The molecule has 0 unspecified atom stereocenters. The Morgan fingerprint density at radius 2 is 2.13 bits per heavy atom. The number of aryl methyl sites for hydroxylation is 2. The minimum absolute atomic E-state index is 0.129. The Kier molecular flexibility index (Phi) is 4.66. The molecule has 2 N–H and O–H groups in total. The second-order valence-electron chi connectivity index (χ2n) is 5.77. The number of amides is 1. The van der Waals surface area contributed by atoms with Gasteiger partial charge in [0.1, 0.15) is 6.17 Å². The number of benzene rings is 1. The number of hydrogen-bond acceptors (Lipinski definition) is 5. The minimum atomic E-state index is -1.05. The van der Waals surface area contributed by atoms with Gasteiger partial charge < -0.3 is 10.3 Å². The number of halogens is 1. The number of nitrogens with two attached hydrogens (primary N) is 1. The van der Waals surface area contributed by atoms with Gasteiger partial charge in [0.05, 0.1) is 12.6 Å². The SMILES string of the molecule is NC(=O)[C@@H]1C[C@@H](F)CN1Cc1nc(CCc2ccccc2)no1. The van der Waals surface area contributed by atoms with Crippen LogP contribution in [0.3, 0.4) is 0 Å². The van der Waals surface area contributed by atoms with E-state index in [2.05, 4.69) is 10.1 Å². The molecule has 1 fully saturated rings. The van der Waals surface area contributed by atoms with Crippen LogP contribution in [0, 0.1) is 0 Å². The van der Waals surface area contributed by atoms with Crippen molar-refractivity contribution in [2.24, 2.45) is 5.73 Å². The zero-order valence-corrected chi connectivity index (χ0v) is 12.7. The van der Waals surface area contributed by atoms with Crippen molar-refractivity contribution in [2.75, 3.05) is 6.54 Å². The predicted octanol–water partition coefficient (Wildman–Crippen LogP) is 1.25. The summed E-state index contributed by atoms with van der Waals surface area (Å²) in [6.45, 7) is 0.404. The van der Waals surface area contributed by atoms with Crippen molar-refractivity contribution in [2.45, 2.75) is 38.0 Å². The number of hydrogen-bond donors (Lipinski definition) is 1. The van der Waals surface area contributed by atoms with E-state index >= 15 is 0 Å². The van der Waals surface area contributed by atoms with Gasteiger partial charge in [0.25, 0.3) is 0 Å². The maximum atomic E-state index is 13.5. The molecule has 0 aliphatic carbocycles. The van der Waals surface area contributed by atoms with Crippen molar-refractivity contribution in [1.29, 1.82) is 0 Å². The Bertz CT molecular complexity index is 661. The molecule has 0 spiro atoms. The van der Waals surface area contributed by atoms with Gasteiger partial charge in [-0.25, -0.2) is 4.39 Å². The highest BCUT2D eigenvalue weighted by Gasteiger charge is 2.36. The van der Waals surface area contributed by atoms with Gasteiger partial charge >= 0.3 is 0 Å². The fraction of sp³-hybridized carbons (Fsp3) is 0.438.